The topological polar surface area (TPSA) is 127 Å². The van der Waals surface area contributed by atoms with Crippen molar-refractivity contribution in [3.05, 3.63) is 39.9 Å². The number of rotatable bonds is 3. The predicted octanol–water partition coefficient (Wildman–Crippen LogP) is 1.53. The fraction of sp³-hybridized carbons (Fsp3) is 0.235. The van der Waals surface area contributed by atoms with E-state index in [-0.39, 0.29) is 5.76 Å². The minimum atomic E-state index is -1.40. The van der Waals surface area contributed by atoms with E-state index >= 15 is 0 Å². The van der Waals surface area contributed by atoms with E-state index in [0.717, 1.165) is 19.4 Å². The maximum absolute atomic E-state index is 12.2. The number of hydrogen-bond acceptors (Lipinski definition) is 7. The highest BCUT2D eigenvalue weighted by atomic mass is 16.6. The first-order valence-electron chi connectivity index (χ1n) is 7.72. The fourth-order valence-corrected chi connectivity index (χ4v) is 2.49. The Morgan fingerprint density at radius 1 is 1.35 bits per heavy atom. The lowest BCUT2D eigenvalue weighted by Crippen LogP contribution is -2.41. The van der Waals surface area contributed by atoms with E-state index in [2.05, 4.69) is 4.98 Å². The largest absolute Gasteiger partial charge is 0.480 e. The molecular formula is C17H14N2O7. The van der Waals surface area contributed by atoms with Gasteiger partial charge in [0.1, 0.15) is 23.7 Å². The van der Waals surface area contributed by atoms with E-state index in [0.29, 0.717) is 28.5 Å². The summed E-state index contributed by atoms with van der Waals surface area (Å²) < 4.78 is 10.7. The Morgan fingerprint density at radius 2 is 2.12 bits per heavy atom. The highest BCUT2D eigenvalue weighted by Crippen LogP contribution is 2.32. The second-order valence-electron chi connectivity index (χ2n) is 5.57. The molecule has 134 valence electrons. The molecule has 0 fully saturated rings. The molecule has 1 aliphatic heterocycles. The Bertz CT molecular complexity index is 960. The summed E-state index contributed by atoms with van der Waals surface area (Å²) in [6.45, 7) is 0.128. The molecule has 26 heavy (non-hydrogen) atoms. The molecule has 2 aliphatic carbocycles. The molecule has 1 N–H and O–H groups in total. The van der Waals surface area contributed by atoms with Crippen molar-refractivity contribution >= 4 is 24.0 Å². The van der Waals surface area contributed by atoms with E-state index in [1.54, 1.807) is 6.08 Å². The molecule has 3 aliphatic rings. The van der Waals surface area contributed by atoms with Crippen molar-refractivity contribution in [1.82, 2.24) is 9.88 Å². The second-order valence-corrected chi connectivity index (χ2v) is 5.57. The number of aryl methyl sites for hydroxylation is 1. The van der Waals surface area contributed by atoms with Crippen molar-refractivity contribution in [2.45, 2.75) is 19.8 Å². The highest BCUT2D eigenvalue weighted by molar-refractivity contribution is 5.95. The van der Waals surface area contributed by atoms with Gasteiger partial charge in [-0.25, -0.2) is 14.7 Å². The number of nitrogens with zero attached hydrogens (tertiary/aromatic N) is 2. The number of allylic oxidation sites excluding steroid dienone is 1. The summed E-state index contributed by atoms with van der Waals surface area (Å²) >= 11 is 0. The first-order chi connectivity index (χ1) is 12.4. The monoisotopic (exact) mass is 358 g/mol. The Balaban J connectivity index is 2.02. The van der Waals surface area contributed by atoms with E-state index < -0.39 is 35.7 Å². The number of fused-ring (bicyclic) bond motifs is 2. The molecule has 2 amide bonds. The lowest BCUT2D eigenvalue weighted by atomic mass is 10.1. The molecular weight excluding hydrogens is 344 g/mol. The zero-order valence-corrected chi connectivity index (χ0v) is 13.7. The third-order valence-corrected chi connectivity index (χ3v) is 3.70. The van der Waals surface area contributed by atoms with Gasteiger partial charge in [-0.1, -0.05) is 6.08 Å². The van der Waals surface area contributed by atoms with E-state index in [4.69, 9.17) is 14.3 Å². The summed E-state index contributed by atoms with van der Waals surface area (Å²) in [5.41, 5.74) is 0.266. The van der Waals surface area contributed by atoms with Crippen LogP contribution in [0, 0.1) is 0 Å². The number of aromatic nitrogens is 1. The van der Waals surface area contributed by atoms with Crippen molar-refractivity contribution < 1.29 is 28.6 Å². The van der Waals surface area contributed by atoms with Crippen LogP contribution in [0.15, 0.2) is 27.4 Å². The molecule has 0 unspecified atom stereocenters. The molecule has 0 radical (unpaired) electrons. The van der Waals surface area contributed by atoms with Gasteiger partial charge in [0.2, 0.25) is 17.1 Å². The molecule has 0 bridgehead atoms. The maximum atomic E-state index is 12.2. The third kappa shape index (κ3) is 3.32. The molecule has 1 heterocycles. The number of ether oxygens (including phenoxy) is 1. The average molecular weight is 358 g/mol. The van der Waals surface area contributed by atoms with Crippen molar-refractivity contribution in [2.75, 3.05) is 6.54 Å². The Labute approximate surface area is 146 Å². The van der Waals surface area contributed by atoms with E-state index in [1.807, 2.05) is 6.08 Å². The third-order valence-electron chi connectivity index (χ3n) is 3.70. The number of hydrogen-bond donors (Lipinski definition) is 1. The van der Waals surface area contributed by atoms with Gasteiger partial charge in [0.25, 0.3) is 0 Å². The summed E-state index contributed by atoms with van der Waals surface area (Å²) in [5, 5.41) is 8.81. The van der Waals surface area contributed by atoms with Gasteiger partial charge in [0.15, 0.2) is 5.76 Å². The van der Waals surface area contributed by atoms with Crippen LogP contribution in [0.3, 0.4) is 0 Å². The average Bonchev–Trinajstić information content (AvgIpc) is 2.60. The van der Waals surface area contributed by atoms with Crippen LogP contribution in [0.2, 0.25) is 0 Å². The van der Waals surface area contributed by atoms with Crippen LogP contribution in [0.5, 0.6) is 5.75 Å². The number of carbonyl (C=O) groups excluding carboxylic acids is 2. The Hall–Kier alpha value is -3.49. The number of aliphatic carboxylic acids is 1. The summed E-state index contributed by atoms with van der Waals surface area (Å²) in [6, 6.07) is 2.59. The van der Waals surface area contributed by atoms with Gasteiger partial charge in [0.05, 0.1) is 0 Å². The molecule has 0 spiro atoms. The number of carbonyl (C=O) groups is 3. The number of benzene rings is 1. The Kier molecular flexibility index (Phi) is 4.53. The number of carboxylic acids is 1. The molecule has 0 aromatic heterocycles. The first kappa shape index (κ1) is 17.3. The molecule has 9 nitrogen and oxygen atoms in total. The van der Waals surface area contributed by atoms with E-state index in [1.165, 1.54) is 6.07 Å². The smallest absolute Gasteiger partial charge is 0.422 e. The normalized spacial score (nSPS) is 12.5. The zero-order valence-electron chi connectivity index (χ0n) is 13.7. The van der Waals surface area contributed by atoms with Gasteiger partial charge >= 0.3 is 12.1 Å². The minimum Gasteiger partial charge on any atom is -0.480 e. The van der Waals surface area contributed by atoms with Crippen molar-refractivity contribution in [3.8, 4) is 17.2 Å². The number of carboxylic acid groups (broad SMARTS) is 1. The lowest BCUT2D eigenvalue weighted by Gasteiger charge is -2.18. The predicted molar refractivity (Wildman–Crippen MR) is 87.8 cm³/mol. The Morgan fingerprint density at radius 3 is 2.81 bits per heavy atom. The van der Waals surface area contributed by atoms with Gasteiger partial charge in [-0.05, 0) is 24.6 Å². The molecule has 0 aromatic rings. The summed E-state index contributed by atoms with van der Waals surface area (Å²) in [4.78, 5) is 51.4. The zero-order chi connectivity index (χ0) is 18.8. The van der Waals surface area contributed by atoms with Gasteiger partial charge in [-0.15, -0.1) is 0 Å². The van der Waals surface area contributed by atoms with Crippen molar-refractivity contribution in [2.24, 2.45) is 0 Å². The van der Waals surface area contributed by atoms with Crippen LogP contribution >= 0.6 is 0 Å². The fourth-order valence-electron chi connectivity index (χ4n) is 2.49. The first-order valence-corrected chi connectivity index (χ1v) is 7.72. The van der Waals surface area contributed by atoms with Crippen LogP contribution in [0.4, 0.5) is 4.79 Å². The molecule has 3 rings (SSSR count). The highest BCUT2D eigenvalue weighted by Gasteiger charge is 2.28. The van der Waals surface area contributed by atoms with Gasteiger partial charge < -0.3 is 14.3 Å². The van der Waals surface area contributed by atoms with Crippen LogP contribution in [-0.2, 0) is 16.0 Å². The minimum absolute atomic E-state index is 0.0290. The van der Waals surface area contributed by atoms with Crippen LogP contribution in [-0.4, -0.2) is 39.5 Å². The van der Waals surface area contributed by atoms with Crippen molar-refractivity contribution in [1.29, 1.82) is 0 Å². The number of imide groups is 1. The number of amides is 2. The lowest BCUT2D eigenvalue weighted by molar-refractivity contribution is -0.142. The van der Waals surface area contributed by atoms with E-state index in [9.17, 15) is 19.2 Å². The van der Waals surface area contributed by atoms with Crippen LogP contribution < -0.4 is 10.2 Å². The van der Waals surface area contributed by atoms with Gasteiger partial charge in [-0.3, -0.25) is 14.4 Å². The second kappa shape index (κ2) is 6.79. The standard InChI is InChI=1S/C17H14N2O7/c1-9(20)19(8-14(22)23)17(24)26-16-12(21)7-6-11-15(16)25-13-5-3-2-4-10(13)18-11/h2,4,6-7H,3,5,8H2,1H3,(H,22,23). The maximum Gasteiger partial charge on any atom is 0.422 e. The molecule has 0 saturated heterocycles. The summed E-state index contributed by atoms with van der Waals surface area (Å²) in [6.07, 6.45) is 3.77. The van der Waals surface area contributed by atoms with Crippen LogP contribution in [0.1, 0.15) is 24.8 Å². The van der Waals surface area contributed by atoms with Gasteiger partial charge in [0, 0.05) is 13.3 Å². The van der Waals surface area contributed by atoms with Crippen molar-refractivity contribution in [3.63, 3.8) is 0 Å². The van der Waals surface area contributed by atoms with Crippen LogP contribution in [0.25, 0.3) is 17.5 Å². The molecule has 0 aromatic carbocycles. The molecule has 0 atom stereocenters. The van der Waals surface area contributed by atoms with Gasteiger partial charge in [-0.2, -0.15) is 0 Å². The molecule has 0 saturated carbocycles. The summed E-state index contributed by atoms with van der Waals surface area (Å²) in [5.74, 6) is -2.16. The summed E-state index contributed by atoms with van der Waals surface area (Å²) in [7, 11) is 0. The molecule has 9 heteroatoms. The SMILES string of the molecule is CC(=O)N(CC(=O)O)C(=O)Oc1c2oc3c(nc-2ccc1=O)C=CCC3. The quantitative estimate of drug-likeness (QED) is 0.875.